The number of carbonyl (C=O) groups excluding carboxylic acids is 2. The van der Waals surface area contributed by atoms with Crippen molar-refractivity contribution in [2.75, 3.05) is 27.3 Å². The Hall–Kier alpha value is -3.09. The van der Waals surface area contributed by atoms with E-state index in [0.717, 1.165) is 18.4 Å². The smallest absolute Gasteiger partial charge is 0.251 e. The van der Waals surface area contributed by atoms with Gasteiger partial charge >= 0.3 is 0 Å². The first-order valence-corrected chi connectivity index (χ1v) is 9.08. The molecule has 1 heterocycles. The molecule has 0 radical (unpaired) electrons. The number of likely N-dealkylation sites (tertiary alicyclic amines) is 1. The van der Waals surface area contributed by atoms with Gasteiger partial charge in [0.15, 0.2) is 0 Å². The second-order valence-corrected chi connectivity index (χ2v) is 6.54. The molecule has 3 rings (SSSR count). The average molecular weight is 386 g/mol. The highest BCUT2D eigenvalue weighted by atomic mass is 19.1. The van der Waals surface area contributed by atoms with Crippen LogP contribution >= 0.6 is 0 Å². The van der Waals surface area contributed by atoms with Crippen molar-refractivity contribution in [1.29, 1.82) is 0 Å². The van der Waals surface area contributed by atoms with Crippen molar-refractivity contribution in [3.05, 3.63) is 59.4 Å². The number of hydrogen-bond donors (Lipinski definition) is 1. The van der Waals surface area contributed by atoms with Crippen molar-refractivity contribution >= 4 is 11.8 Å². The zero-order valence-electron chi connectivity index (χ0n) is 15.9. The van der Waals surface area contributed by atoms with E-state index in [0.29, 0.717) is 23.6 Å². The molecular weight excluding hydrogens is 363 g/mol. The van der Waals surface area contributed by atoms with Crippen molar-refractivity contribution in [2.24, 2.45) is 0 Å². The summed E-state index contributed by atoms with van der Waals surface area (Å²) in [6.45, 7) is 0.496. The number of hydrogen-bond acceptors (Lipinski definition) is 4. The van der Waals surface area contributed by atoms with E-state index in [1.807, 2.05) is 12.1 Å². The summed E-state index contributed by atoms with van der Waals surface area (Å²) in [6, 6.07) is 10.6. The molecule has 0 bridgehead atoms. The van der Waals surface area contributed by atoms with Crippen LogP contribution in [0.15, 0.2) is 42.5 Å². The van der Waals surface area contributed by atoms with Crippen LogP contribution in [0.2, 0.25) is 0 Å². The zero-order valence-corrected chi connectivity index (χ0v) is 15.9. The minimum Gasteiger partial charge on any atom is -0.497 e. The highest BCUT2D eigenvalue weighted by molar-refractivity contribution is 5.96. The van der Waals surface area contributed by atoms with Crippen LogP contribution in [0.3, 0.4) is 0 Å². The summed E-state index contributed by atoms with van der Waals surface area (Å²) in [5.41, 5.74) is 1.23. The Labute approximate surface area is 163 Å². The van der Waals surface area contributed by atoms with E-state index in [-0.39, 0.29) is 18.5 Å². The Kier molecular flexibility index (Phi) is 6.13. The lowest BCUT2D eigenvalue weighted by Gasteiger charge is -2.26. The molecule has 0 aromatic heterocycles. The van der Waals surface area contributed by atoms with Gasteiger partial charge < -0.3 is 19.7 Å². The van der Waals surface area contributed by atoms with Gasteiger partial charge in [-0.25, -0.2) is 4.39 Å². The van der Waals surface area contributed by atoms with Crippen molar-refractivity contribution in [3.63, 3.8) is 0 Å². The van der Waals surface area contributed by atoms with Gasteiger partial charge in [0.2, 0.25) is 5.91 Å². The minimum absolute atomic E-state index is 0.115. The lowest BCUT2D eigenvalue weighted by Crippen LogP contribution is -2.39. The monoisotopic (exact) mass is 386 g/mol. The standard InChI is InChI=1S/C21H23FN2O4/c1-27-16-9-10-17(19(12-16)28-2)18-4-3-11-24(18)20(25)13-23-21(26)14-5-7-15(22)8-6-14/h5-10,12,18H,3-4,11,13H2,1-2H3,(H,23,26). The maximum Gasteiger partial charge on any atom is 0.251 e. The second-order valence-electron chi connectivity index (χ2n) is 6.54. The van der Waals surface area contributed by atoms with Gasteiger partial charge in [-0.2, -0.15) is 0 Å². The molecule has 1 fully saturated rings. The summed E-state index contributed by atoms with van der Waals surface area (Å²) >= 11 is 0. The number of amides is 2. The maximum atomic E-state index is 13.0. The van der Waals surface area contributed by atoms with E-state index in [1.165, 1.54) is 24.3 Å². The molecule has 1 aliphatic heterocycles. The van der Waals surface area contributed by atoms with Crippen molar-refractivity contribution < 1.29 is 23.5 Å². The number of nitrogens with one attached hydrogen (secondary N) is 1. The van der Waals surface area contributed by atoms with Crippen LogP contribution in [-0.2, 0) is 4.79 Å². The molecule has 2 amide bonds. The number of nitrogens with zero attached hydrogens (tertiary/aromatic N) is 1. The molecule has 0 spiro atoms. The van der Waals surface area contributed by atoms with Crippen LogP contribution in [0.25, 0.3) is 0 Å². The lowest BCUT2D eigenvalue weighted by molar-refractivity contribution is -0.131. The normalized spacial score (nSPS) is 16.0. The first kappa shape index (κ1) is 19.7. The third-order valence-corrected chi connectivity index (χ3v) is 4.88. The van der Waals surface area contributed by atoms with E-state index >= 15 is 0 Å². The molecule has 28 heavy (non-hydrogen) atoms. The summed E-state index contributed by atoms with van der Waals surface area (Å²) in [4.78, 5) is 26.6. The van der Waals surface area contributed by atoms with Crippen molar-refractivity contribution in [1.82, 2.24) is 10.2 Å². The molecule has 7 heteroatoms. The highest BCUT2D eigenvalue weighted by Gasteiger charge is 2.32. The summed E-state index contributed by atoms with van der Waals surface area (Å²) < 4.78 is 23.7. The number of rotatable bonds is 6. The Morgan fingerprint density at radius 1 is 1.14 bits per heavy atom. The van der Waals surface area contributed by atoms with Gasteiger partial charge in [-0.3, -0.25) is 9.59 Å². The fourth-order valence-corrected chi connectivity index (χ4v) is 3.44. The molecule has 6 nitrogen and oxygen atoms in total. The average Bonchev–Trinajstić information content (AvgIpc) is 3.21. The van der Waals surface area contributed by atoms with Crippen LogP contribution in [0.5, 0.6) is 11.5 Å². The van der Waals surface area contributed by atoms with E-state index in [9.17, 15) is 14.0 Å². The number of ether oxygens (including phenoxy) is 2. The number of benzene rings is 2. The molecule has 0 aliphatic carbocycles. The molecule has 1 aliphatic rings. The van der Waals surface area contributed by atoms with E-state index < -0.39 is 11.7 Å². The molecular formula is C21H23FN2O4. The Balaban J connectivity index is 1.68. The quantitative estimate of drug-likeness (QED) is 0.829. The van der Waals surface area contributed by atoms with Crippen LogP contribution in [0, 0.1) is 5.82 Å². The predicted molar refractivity (Wildman–Crippen MR) is 102 cm³/mol. The van der Waals surface area contributed by atoms with Gasteiger partial charge in [0.25, 0.3) is 5.91 Å². The number of methoxy groups -OCH3 is 2. The van der Waals surface area contributed by atoms with Gasteiger partial charge in [-0.15, -0.1) is 0 Å². The van der Waals surface area contributed by atoms with Crippen molar-refractivity contribution in [2.45, 2.75) is 18.9 Å². The molecule has 1 saturated heterocycles. The predicted octanol–water partition coefficient (Wildman–Crippen LogP) is 2.94. The van der Waals surface area contributed by atoms with Crippen LogP contribution in [0.4, 0.5) is 4.39 Å². The third kappa shape index (κ3) is 4.24. The summed E-state index contributed by atoms with van der Waals surface area (Å²) in [5, 5.41) is 2.61. The summed E-state index contributed by atoms with van der Waals surface area (Å²) in [7, 11) is 3.17. The molecule has 2 aromatic carbocycles. The van der Waals surface area contributed by atoms with Gasteiger partial charge in [0, 0.05) is 23.7 Å². The summed E-state index contributed by atoms with van der Waals surface area (Å²) in [5.74, 6) is 0.352. The molecule has 148 valence electrons. The van der Waals surface area contributed by atoms with Gasteiger partial charge in [0.05, 0.1) is 26.8 Å². The topological polar surface area (TPSA) is 67.9 Å². The Morgan fingerprint density at radius 3 is 2.57 bits per heavy atom. The molecule has 2 aromatic rings. The van der Waals surface area contributed by atoms with E-state index in [1.54, 1.807) is 25.2 Å². The number of carbonyl (C=O) groups is 2. The van der Waals surface area contributed by atoms with E-state index in [2.05, 4.69) is 5.32 Å². The maximum absolute atomic E-state index is 13.0. The fraction of sp³-hybridized carbons (Fsp3) is 0.333. The largest absolute Gasteiger partial charge is 0.497 e. The van der Waals surface area contributed by atoms with Gasteiger partial charge in [-0.1, -0.05) is 0 Å². The van der Waals surface area contributed by atoms with Crippen molar-refractivity contribution in [3.8, 4) is 11.5 Å². The first-order valence-electron chi connectivity index (χ1n) is 9.08. The molecule has 1 atom stereocenters. The molecule has 1 N–H and O–H groups in total. The fourth-order valence-electron chi connectivity index (χ4n) is 3.44. The lowest BCUT2D eigenvalue weighted by atomic mass is 10.0. The first-order chi connectivity index (χ1) is 13.5. The Morgan fingerprint density at radius 2 is 1.89 bits per heavy atom. The number of halogens is 1. The second kappa shape index (κ2) is 8.73. The van der Waals surface area contributed by atoms with Crippen LogP contribution < -0.4 is 14.8 Å². The molecule has 1 unspecified atom stereocenters. The zero-order chi connectivity index (χ0) is 20.1. The van der Waals surface area contributed by atoms with Gasteiger partial charge in [0.1, 0.15) is 17.3 Å². The minimum atomic E-state index is -0.416. The molecule has 0 saturated carbocycles. The van der Waals surface area contributed by atoms with Crippen LogP contribution in [-0.4, -0.2) is 44.0 Å². The highest BCUT2D eigenvalue weighted by Crippen LogP contribution is 2.38. The van der Waals surface area contributed by atoms with E-state index in [4.69, 9.17) is 9.47 Å². The van der Waals surface area contributed by atoms with Gasteiger partial charge in [-0.05, 0) is 49.2 Å². The Bertz CT molecular complexity index is 854. The third-order valence-electron chi connectivity index (χ3n) is 4.88. The SMILES string of the molecule is COc1ccc(C2CCCN2C(=O)CNC(=O)c2ccc(F)cc2)c(OC)c1. The van der Waals surface area contributed by atoms with Crippen LogP contribution in [0.1, 0.15) is 34.8 Å². The summed E-state index contributed by atoms with van der Waals surface area (Å²) in [6.07, 6.45) is 1.69.